The smallest absolute Gasteiger partial charge is 0.442 e. The SMILES string of the molecule is CCOC(=O)c1c(NC(=O)Cn2nc(C(F)(F)F)c([N+](=O)[O-])c2C)sc2c1CCCC2. The van der Waals surface area contributed by atoms with Crippen LogP contribution in [0, 0.1) is 17.0 Å². The Morgan fingerprint density at radius 1 is 1.32 bits per heavy atom. The van der Waals surface area contributed by atoms with Gasteiger partial charge >= 0.3 is 17.8 Å². The van der Waals surface area contributed by atoms with Crippen molar-refractivity contribution in [3.63, 3.8) is 0 Å². The van der Waals surface area contributed by atoms with E-state index in [-0.39, 0.29) is 17.2 Å². The molecule has 0 atom stereocenters. The Bertz CT molecular complexity index is 1040. The van der Waals surface area contributed by atoms with Gasteiger partial charge in [-0.3, -0.25) is 19.6 Å². The fourth-order valence-electron chi connectivity index (χ4n) is 3.48. The van der Waals surface area contributed by atoms with Crippen molar-refractivity contribution in [2.24, 2.45) is 0 Å². The summed E-state index contributed by atoms with van der Waals surface area (Å²) >= 11 is 1.23. The molecule has 1 N–H and O–H groups in total. The van der Waals surface area contributed by atoms with Crippen LogP contribution in [0.1, 0.15) is 52.0 Å². The summed E-state index contributed by atoms with van der Waals surface area (Å²) in [5, 5.41) is 17.1. The number of amides is 1. The standard InChI is InChI=1S/C18H19F3N4O5S/c1-3-30-17(27)13-10-6-4-5-7-11(10)31-16(13)22-12(26)8-24-9(2)14(25(28)29)15(23-24)18(19,20)21/h3-8H2,1-2H3,(H,22,26). The van der Waals surface area contributed by atoms with Crippen LogP contribution in [0.2, 0.25) is 0 Å². The number of carbonyl (C=O) groups excluding carboxylic acids is 2. The summed E-state index contributed by atoms with van der Waals surface area (Å²) in [7, 11) is 0. The van der Waals surface area contributed by atoms with E-state index in [0.717, 1.165) is 36.6 Å². The van der Waals surface area contributed by atoms with Gasteiger partial charge in [0.1, 0.15) is 17.2 Å². The average Bonchev–Trinajstić information content (AvgIpc) is 3.19. The van der Waals surface area contributed by atoms with Crippen LogP contribution >= 0.6 is 11.3 Å². The lowest BCUT2D eigenvalue weighted by Gasteiger charge is -2.12. The molecular formula is C18H19F3N4O5S. The highest BCUT2D eigenvalue weighted by Gasteiger charge is 2.44. The molecule has 0 aromatic carbocycles. The molecule has 1 aliphatic rings. The lowest BCUT2D eigenvalue weighted by molar-refractivity contribution is -0.388. The number of alkyl halides is 3. The number of thiophene rings is 1. The van der Waals surface area contributed by atoms with E-state index in [0.29, 0.717) is 11.1 Å². The van der Waals surface area contributed by atoms with Crippen molar-refractivity contribution < 1.29 is 32.4 Å². The summed E-state index contributed by atoms with van der Waals surface area (Å²) in [5.74, 6) is -1.35. The van der Waals surface area contributed by atoms with Gasteiger partial charge in [0.25, 0.3) is 0 Å². The summed E-state index contributed by atoms with van der Waals surface area (Å²) in [5.41, 5.74) is -2.19. The number of aromatic nitrogens is 2. The second-order valence-electron chi connectivity index (χ2n) is 6.88. The predicted molar refractivity (Wildman–Crippen MR) is 104 cm³/mol. The number of nitrogens with zero attached hydrogens (tertiary/aromatic N) is 3. The van der Waals surface area contributed by atoms with Crippen molar-refractivity contribution in [1.29, 1.82) is 0 Å². The van der Waals surface area contributed by atoms with Crippen LogP contribution in [-0.4, -0.2) is 33.2 Å². The summed E-state index contributed by atoms with van der Waals surface area (Å²) in [6.07, 6.45) is -1.80. The van der Waals surface area contributed by atoms with Crippen molar-refractivity contribution in [2.75, 3.05) is 11.9 Å². The minimum Gasteiger partial charge on any atom is -0.462 e. The van der Waals surface area contributed by atoms with Crippen molar-refractivity contribution in [3.8, 4) is 0 Å². The molecule has 0 fully saturated rings. The monoisotopic (exact) mass is 460 g/mol. The fraction of sp³-hybridized carbons (Fsp3) is 0.500. The predicted octanol–water partition coefficient (Wildman–Crippen LogP) is 3.87. The summed E-state index contributed by atoms with van der Waals surface area (Å²) < 4.78 is 45.0. The van der Waals surface area contributed by atoms with E-state index in [1.165, 1.54) is 11.3 Å². The Morgan fingerprint density at radius 2 is 2.00 bits per heavy atom. The van der Waals surface area contributed by atoms with Crippen LogP contribution in [0.15, 0.2) is 0 Å². The number of fused-ring (bicyclic) bond motifs is 1. The van der Waals surface area contributed by atoms with Crippen LogP contribution in [0.3, 0.4) is 0 Å². The van der Waals surface area contributed by atoms with Gasteiger partial charge in [0.2, 0.25) is 11.6 Å². The second-order valence-corrected chi connectivity index (χ2v) is 7.98. The summed E-state index contributed by atoms with van der Waals surface area (Å²) in [4.78, 5) is 35.8. The molecule has 3 rings (SSSR count). The summed E-state index contributed by atoms with van der Waals surface area (Å²) in [6, 6.07) is 0. The molecule has 0 saturated carbocycles. The highest BCUT2D eigenvalue weighted by molar-refractivity contribution is 7.17. The molecule has 168 valence electrons. The average molecular weight is 460 g/mol. The van der Waals surface area contributed by atoms with Crippen LogP contribution in [0.4, 0.5) is 23.9 Å². The number of halogens is 3. The zero-order valence-corrected chi connectivity index (χ0v) is 17.5. The topological polar surface area (TPSA) is 116 Å². The first kappa shape index (κ1) is 22.7. The zero-order valence-electron chi connectivity index (χ0n) is 16.7. The van der Waals surface area contributed by atoms with E-state index in [4.69, 9.17) is 4.74 Å². The number of nitrogens with one attached hydrogen (secondary N) is 1. The Labute approximate surface area is 178 Å². The highest BCUT2D eigenvalue weighted by atomic mass is 32.1. The van der Waals surface area contributed by atoms with E-state index in [1.54, 1.807) is 6.92 Å². The van der Waals surface area contributed by atoms with Crippen molar-refractivity contribution in [2.45, 2.75) is 52.3 Å². The third kappa shape index (κ3) is 4.55. The van der Waals surface area contributed by atoms with Gasteiger partial charge in [0.05, 0.1) is 17.1 Å². The van der Waals surface area contributed by atoms with Gasteiger partial charge in [0, 0.05) is 4.88 Å². The van der Waals surface area contributed by atoms with E-state index < -0.39 is 46.6 Å². The van der Waals surface area contributed by atoms with Gasteiger partial charge in [-0.15, -0.1) is 11.3 Å². The first-order chi connectivity index (χ1) is 14.5. The number of hydrogen-bond donors (Lipinski definition) is 1. The maximum Gasteiger partial charge on any atom is 0.442 e. The molecule has 13 heteroatoms. The molecule has 9 nitrogen and oxygen atoms in total. The molecule has 2 heterocycles. The quantitative estimate of drug-likeness (QED) is 0.397. The van der Waals surface area contributed by atoms with Gasteiger partial charge < -0.3 is 10.1 Å². The second kappa shape index (κ2) is 8.65. The molecule has 1 amide bonds. The summed E-state index contributed by atoms with van der Waals surface area (Å²) in [6.45, 7) is 2.20. The number of rotatable bonds is 6. The van der Waals surface area contributed by atoms with Crippen LogP contribution in [0.5, 0.6) is 0 Å². The zero-order chi connectivity index (χ0) is 22.9. The molecular weight excluding hydrogens is 441 g/mol. The number of aryl methyl sites for hydroxylation is 1. The first-order valence-corrected chi connectivity index (χ1v) is 10.3. The Morgan fingerprint density at radius 3 is 2.58 bits per heavy atom. The van der Waals surface area contributed by atoms with E-state index >= 15 is 0 Å². The fourth-order valence-corrected chi connectivity index (χ4v) is 4.77. The third-order valence-corrected chi connectivity index (χ3v) is 6.03. The molecule has 2 aromatic heterocycles. The van der Waals surface area contributed by atoms with Gasteiger partial charge in [0.15, 0.2) is 0 Å². The lowest BCUT2D eigenvalue weighted by atomic mass is 9.95. The van der Waals surface area contributed by atoms with Crippen molar-refractivity contribution >= 4 is 33.9 Å². The van der Waals surface area contributed by atoms with Gasteiger partial charge in [-0.05, 0) is 45.1 Å². The number of anilines is 1. The lowest BCUT2D eigenvalue weighted by Crippen LogP contribution is -2.22. The molecule has 1 aliphatic carbocycles. The van der Waals surface area contributed by atoms with E-state index in [2.05, 4.69) is 10.4 Å². The maximum absolute atomic E-state index is 13.1. The molecule has 0 bridgehead atoms. The van der Waals surface area contributed by atoms with E-state index in [1.807, 2.05) is 0 Å². The molecule has 0 saturated heterocycles. The number of esters is 1. The van der Waals surface area contributed by atoms with Gasteiger partial charge in [-0.2, -0.15) is 18.3 Å². The molecule has 31 heavy (non-hydrogen) atoms. The first-order valence-electron chi connectivity index (χ1n) is 9.45. The Hall–Kier alpha value is -2.96. The van der Waals surface area contributed by atoms with E-state index in [9.17, 15) is 32.9 Å². The van der Waals surface area contributed by atoms with Crippen molar-refractivity contribution in [3.05, 3.63) is 37.5 Å². The molecule has 0 radical (unpaired) electrons. The van der Waals surface area contributed by atoms with Crippen LogP contribution in [0.25, 0.3) is 0 Å². The Kier molecular flexibility index (Phi) is 6.34. The maximum atomic E-state index is 13.1. The third-order valence-electron chi connectivity index (χ3n) is 4.82. The number of hydrogen-bond acceptors (Lipinski definition) is 7. The molecule has 0 unspecified atom stereocenters. The Balaban J connectivity index is 1.89. The molecule has 0 spiro atoms. The number of ether oxygens (including phenoxy) is 1. The van der Waals surface area contributed by atoms with Crippen LogP contribution < -0.4 is 5.32 Å². The van der Waals surface area contributed by atoms with Crippen LogP contribution in [-0.2, 0) is 35.1 Å². The minimum atomic E-state index is -5.04. The highest BCUT2D eigenvalue weighted by Crippen LogP contribution is 2.39. The minimum absolute atomic E-state index is 0.146. The molecule has 0 aliphatic heterocycles. The van der Waals surface area contributed by atoms with Crippen molar-refractivity contribution in [1.82, 2.24) is 9.78 Å². The largest absolute Gasteiger partial charge is 0.462 e. The molecule has 2 aromatic rings. The normalized spacial score (nSPS) is 13.6. The number of carbonyl (C=O) groups is 2. The number of nitro groups is 1. The van der Waals surface area contributed by atoms with Gasteiger partial charge in [-0.25, -0.2) is 4.79 Å². The van der Waals surface area contributed by atoms with Gasteiger partial charge in [-0.1, -0.05) is 0 Å².